The number of thiazole rings is 1. The predicted octanol–water partition coefficient (Wildman–Crippen LogP) is 3.17. The van der Waals surface area contributed by atoms with Crippen LogP contribution in [0, 0.1) is 0 Å². The number of fused-ring (bicyclic) bond motifs is 1. The first-order valence-corrected chi connectivity index (χ1v) is 8.11. The molecule has 0 saturated carbocycles. The van der Waals surface area contributed by atoms with Crippen molar-refractivity contribution >= 4 is 50.8 Å². The van der Waals surface area contributed by atoms with Crippen molar-refractivity contribution in [3.05, 3.63) is 47.1 Å². The summed E-state index contributed by atoms with van der Waals surface area (Å²) < 4.78 is 1.48. The van der Waals surface area contributed by atoms with Crippen LogP contribution in [0.2, 0.25) is 0 Å². The van der Waals surface area contributed by atoms with E-state index >= 15 is 0 Å². The van der Waals surface area contributed by atoms with E-state index in [1.807, 2.05) is 12.1 Å². The largest absolute Gasteiger partial charge is 0.480 e. The molecule has 2 N–H and O–H groups in total. The molecule has 1 aromatic carbocycles. The Morgan fingerprint density at radius 1 is 1.35 bits per heavy atom. The van der Waals surface area contributed by atoms with E-state index in [1.54, 1.807) is 23.6 Å². The molecule has 0 unspecified atom stereocenters. The fourth-order valence-electron chi connectivity index (χ4n) is 2.29. The van der Waals surface area contributed by atoms with Gasteiger partial charge in [0.05, 0.1) is 11.6 Å². The van der Waals surface area contributed by atoms with E-state index < -0.39 is 11.9 Å². The monoisotopic (exact) mass is 349 g/mol. The van der Waals surface area contributed by atoms with E-state index in [2.05, 4.69) is 10.3 Å². The van der Waals surface area contributed by atoms with Crippen LogP contribution in [0.4, 0.5) is 5.13 Å². The first kappa shape index (κ1) is 15.5. The van der Waals surface area contributed by atoms with Gasteiger partial charge in [-0.2, -0.15) is 0 Å². The van der Waals surface area contributed by atoms with Crippen LogP contribution < -0.4 is 5.32 Å². The normalized spacial score (nSPS) is 10.8. The van der Waals surface area contributed by atoms with Crippen molar-refractivity contribution in [2.45, 2.75) is 12.4 Å². The van der Waals surface area contributed by atoms with E-state index in [-0.39, 0.29) is 18.1 Å². The topological polar surface area (TPSA) is 84.2 Å². The van der Waals surface area contributed by atoms with Gasteiger partial charge in [0.15, 0.2) is 5.13 Å². The molecule has 0 aliphatic carbocycles. The van der Waals surface area contributed by atoms with Crippen LogP contribution in [0.15, 0.2) is 35.7 Å². The Morgan fingerprint density at radius 3 is 2.83 bits per heavy atom. The summed E-state index contributed by atoms with van der Waals surface area (Å²) in [6, 6.07) is 8.92. The van der Waals surface area contributed by atoms with Crippen LogP contribution in [0.5, 0.6) is 0 Å². The zero-order valence-corrected chi connectivity index (χ0v) is 13.4. The van der Waals surface area contributed by atoms with E-state index in [9.17, 15) is 9.59 Å². The second-order valence-electron chi connectivity index (χ2n) is 4.80. The minimum Gasteiger partial charge on any atom is -0.480 e. The highest BCUT2D eigenvalue weighted by atomic mass is 35.5. The summed E-state index contributed by atoms with van der Waals surface area (Å²) >= 11 is 6.96. The maximum absolute atomic E-state index is 12.5. The van der Waals surface area contributed by atoms with Crippen molar-refractivity contribution in [1.29, 1.82) is 0 Å². The van der Waals surface area contributed by atoms with Crippen LogP contribution in [-0.4, -0.2) is 26.5 Å². The van der Waals surface area contributed by atoms with E-state index in [4.69, 9.17) is 16.7 Å². The summed E-state index contributed by atoms with van der Waals surface area (Å²) in [5.74, 6) is -1.15. The molecule has 6 nitrogen and oxygen atoms in total. The van der Waals surface area contributed by atoms with Gasteiger partial charge in [0, 0.05) is 16.3 Å². The number of amides is 1. The third kappa shape index (κ3) is 3.20. The number of anilines is 1. The van der Waals surface area contributed by atoms with Gasteiger partial charge in [-0.1, -0.05) is 18.2 Å². The number of nitrogens with one attached hydrogen (secondary N) is 1. The van der Waals surface area contributed by atoms with Crippen molar-refractivity contribution in [2.75, 3.05) is 5.32 Å². The highest BCUT2D eigenvalue weighted by Gasteiger charge is 2.18. The van der Waals surface area contributed by atoms with Gasteiger partial charge in [0.1, 0.15) is 12.2 Å². The quantitative estimate of drug-likeness (QED) is 0.693. The van der Waals surface area contributed by atoms with Gasteiger partial charge in [-0.05, 0) is 12.1 Å². The summed E-state index contributed by atoms with van der Waals surface area (Å²) in [6.07, 6.45) is 0. The average molecular weight is 350 g/mol. The molecule has 8 heteroatoms. The summed E-state index contributed by atoms with van der Waals surface area (Å²) in [5.41, 5.74) is 1.65. The number of aromatic nitrogens is 2. The van der Waals surface area contributed by atoms with Crippen LogP contribution >= 0.6 is 22.9 Å². The van der Waals surface area contributed by atoms with Crippen molar-refractivity contribution in [3.8, 4) is 0 Å². The first-order chi connectivity index (χ1) is 11.1. The summed E-state index contributed by atoms with van der Waals surface area (Å²) in [6.45, 7) is -0.291. The Bertz CT molecular complexity index is 887. The number of carboxylic acid groups (broad SMARTS) is 1. The molecule has 1 amide bonds. The third-order valence-corrected chi connectivity index (χ3v) is 4.33. The molecule has 23 heavy (non-hydrogen) atoms. The van der Waals surface area contributed by atoms with Gasteiger partial charge in [-0.25, -0.2) is 4.98 Å². The van der Waals surface area contributed by atoms with Gasteiger partial charge >= 0.3 is 5.97 Å². The molecule has 3 aromatic rings. The lowest BCUT2D eigenvalue weighted by atomic mass is 10.2. The minimum absolute atomic E-state index is 0.269. The molecule has 0 atom stereocenters. The maximum atomic E-state index is 12.5. The fraction of sp³-hybridized carbons (Fsp3) is 0.133. The molecule has 0 spiro atoms. The molecule has 0 fully saturated rings. The molecular formula is C15H12ClN3O3S. The number of carbonyl (C=O) groups is 2. The highest BCUT2D eigenvalue weighted by molar-refractivity contribution is 7.14. The predicted molar refractivity (Wildman–Crippen MR) is 89.2 cm³/mol. The van der Waals surface area contributed by atoms with Crippen molar-refractivity contribution in [2.24, 2.45) is 0 Å². The maximum Gasteiger partial charge on any atom is 0.323 e. The number of carbonyl (C=O) groups excluding carboxylic acids is 1. The standard InChI is InChI=1S/C15H12ClN3O3S/c16-6-10-8-23-15(17-10)18-14(22)12-5-9-3-1-2-4-11(9)19(12)7-13(20)21/h1-5,8H,6-7H2,(H,20,21)(H,17,18,22). The molecule has 0 saturated heterocycles. The Balaban J connectivity index is 1.97. The van der Waals surface area contributed by atoms with Crippen LogP contribution in [0.3, 0.4) is 0 Å². The molecule has 3 rings (SSSR count). The van der Waals surface area contributed by atoms with Crippen LogP contribution in [-0.2, 0) is 17.2 Å². The molecule has 0 aliphatic heterocycles. The van der Waals surface area contributed by atoms with Crippen molar-refractivity contribution in [3.63, 3.8) is 0 Å². The average Bonchev–Trinajstić information content (AvgIpc) is 3.12. The Hall–Kier alpha value is -2.38. The van der Waals surface area contributed by atoms with Crippen LogP contribution in [0.1, 0.15) is 16.2 Å². The molecule has 118 valence electrons. The molecule has 0 aliphatic rings. The zero-order chi connectivity index (χ0) is 16.4. The number of hydrogen-bond acceptors (Lipinski definition) is 4. The van der Waals surface area contributed by atoms with Gasteiger partial charge < -0.3 is 9.67 Å². The number of nitrogens with zero attached hydrogens (tertiary/aromatic N) is 2. The number of halogens is 1. The molecule has 0 bridgehead atoms. The number of para-hydroxylation sites is 1. The van der Waals surface area contributed by atoms with Crippen molar-refractivity contribution < 1.29 is 14.7 Å². The summed E-state index contributed by atoms with van der Waals surface area (Å²) in [7, 11) is 0. The molecule has 0 radical (unpaired) electrons. The van der Waals surface area contributed by atoms with Gasteiger partial charge in [-0.3, -0.25) is 14.9 Å². The fourth-order valence-corrected chi connectivity index (χ4v) is 3.22. The second kappa shape index (κ2) is 6.39. The number of alkyl halides is 1. The lowest BCUT2D eigenvalue weighted by Gasteiger charge is -2.07. The minimum atomic E-state index is -1.01. The molecular weight excluding hydrogens is 338 g/mol. The highest BCUT2D eigenvalue weighted by Crippen LogP contribution is 2.22. The number of rotatable bonds is 5. The summed E-state index contributed by atoms with van der Waals surface area (Å²) in [4.78, 5) is 27.8. The Morgan fingerprint density at radius 2 is 2.13 bits per heavy atom. The van der Waals surface area contributed by atoms with Gasteiger partial charge in [0.2, 0.25) is 0 Å². The number of hydrogen-bond donors (Lipinski definition) is 2. The Labute approximate surface area is 140 Å². The smallest absolute Gasteiger partial charge is 0.323 e. The number of carboxylic acids is 1. The van der Waals surface area contributed by atoms with E-state index in [1.165, 1.54) is 15.9 Å². The SMILES string of the molecule is O=C(O)Cn1c(C(=O)Nc2nc(CCl)cs2)cc2ccccc21. The van der Waals surface area contributed by atoms with Crippen LogP contribution in [0.25, 0.3) is 10.9 Å². The summed E-state index contributed by atoms with van der Waals surface area (Å²) in [5, 5.41) is 14.8. The number of aliphatic carboxylic acids is 1. The molecule has 2 aromatic heterocycles. The number of benzene rings is 1. The zero-order valence-electron chi connectivity index (χ0n) is 11.8. The van der Waals surface area contributed by atoms with E-state index in [0.717, 1.165) is 5.39 Å². The van der Waals surface area contributed by atoms with Gasteiger partial charge in [0.25, 0.3) is 5.91 Å². The first-order valence-electron chi connectivity index (χ1n) is 6.70. The lowest BCUT2D eigenvalue weighted by Crippen LogP contribution is -2.19. The van der Waals surface area contributed by atoms with Gasteiger partial charge in [-0.15, -0.1) is 22.9 Å². The lowest BCUT2D eigenvalue weighted by molar-refractivity contribution is -0.137. The van der Waals surface area contributed by atoms with E-state index in [0.29, 0.717) is 16.3 Å². The second-order valence-corrected chi connectivity index (χ2v) is 5.93. The third-order valence-electron chi connectivity index (χ3n) is 3.25. The Kier molecular flexibility index (Phi) is 4.31. The molecule has 2 heterocycles. The van der Waals surface area contributed by atoms with Crippen molar-refractivity contribution in [1.82, 2.24) is 9.55 Å².